The molecule has 11 heavy (non-hydrogen) atoms. The van der Waals surface area contributed by atoms with Crippen LogP contribution in [0.1, 0.15) is 5.56 Å². The van der Waals surface area contributed by atoms with Gasteiger partial charge < -0.3 is 5.21 Å². The van der Waals surface area contributed by atoms with E-state index in [0.29, 0.717) is 10.3 Å². The molecule has 5 nitrogen and oxygen atoms in total. The van der Waals surface area contributed by atoms with Crippen LogP contribution in [-0.2, 0) is 0 Å². The highest BCUT2D eigenvalue weighted by Gasteiger charge is 1.97. The summed E-state index contributed by atoms with van der Waals surface area (Å²) in [5.41, 5.74) is 8.74. The minimum Gasteiger partial charge on any atom is -0.713 e. The SMILES string of the molecule is Cc1ccc[n+]([O-])c1N=[N+]=[N-]. The largest absolute Gasteiger partial charge is 0.713 e. The third-order valence-corrected chi connectivity index (χ3v) is 1.27. The zero-order valence-corrected chi connectivity index (χ0v) is 5.93. The van der Waals surface area contributed by atoms with E-state index >= 15 is 0 Å². The van der Waals surface area contributed by atoms with E-state index in [-0.39, 0.29) is 5.82 Å². The fourth-order valence-corrected chi connectivity index (χ4v) is 0.750. The van der Waals surface area contributed by atoms with Crippen molar-refractivity contribution in [1.29, 1.82) is 0 Å². The van der Waals surface area contributed by atoms with Crippen LogP contribution in [0.3, 0.4) is 0 Å². The van der Waals surface area contributed by atoms with Crippen molar-refractivity contribution in [1.82, 2.24) is 0 Å². The van der Waals surface area contributed by atoms with Gasteiger partial charge in [0.15, 0.2) is 5.82 Å². The average molecular weight is 150 g/mol. The number of aryl methyl sites for hydroxylation is 1. The van der Waals surface area contributed by atoms with Gasteiger partial charge in [-0.2, -0.15) is 0 Å². The number of hydrogen-bond acceptors (Lipinski definition) is 2. The van der Waals surface area contributed by atoms with Crippen molar-refractivity contribution in [2.75, 3.05) is 0 Å². The fraction of sp³-hybridized carbons (Fsp3) is 0.167. The third-order valence-electron chi connectivity index (χ3n) is 1.27. The second-order valence-electron chi connectivity index (χ2n) is 2.03. The summed E-state index contributed by atoms with van der Waals surface area (Å²) in [4.78, 5) is 2.53. The summed E-state index contributed by atoms with van der Waals surface area (Å²) in [6.45, 7) is 1.71. The lowest BCUT2D eigenvalue weighted by molar-refractivity contribution is -0.592. The number of azide groups is 1. The molecule has 1 rings (SSSR count). The molecule has 0 radical (unpaired) electrons. The van der Waals surface area contributed by atoms with Crippen LogP contribution in [0.15, 0.2) is 23.4 Å². The molecule has 0 saturated heterocycles. The molecule has 0 bridgehead atoms. The summed E-state index contributed by atoms with van der Waals surface area (Å²) in [6.07, 6.45) is 1.29. The van der Waals surface area contributed by atoms with Crippen molar-refractivity contribution >= 4 is 5.82 Å². The van der Waals surface area contributed by atoms with Crippen LogP contribution in [0.4, 0.5) is 5.82 Å². The van der Waals surface area contributed by atoms with Crippen LogP contribution in [0, 0.1) is 12.1 Å². The van der Waals surface area contributed by atoms with Crippen LogP contribution >= 0.6 is 0 Å². The quantitative estimate of drug-likeness (QED) is 0.197. The monoisotopic (exact) mass is 150 g/mol. The molecule has 1 aromatic rings. The zero-order chi connectivity index (χ0) is 8.27. The van der Waals surface area contributed by atoms with Gasteiger partial charge in [-0.1, -0.05) is 6.07 Å². The molecule has 1 aromatic heterocycles. The highest BCUT2D eigenvalue weighted by molar-refractivity contribution is 5.30. The summed E-state index contributed by atoms with van der Waals surface area (Å²) >= 11 is 0. The van der Waals surface area contributed by atoms with E-state index < -0.39 is 0 Å². The van der Waals surface area contributed by atoms with E-state index in [1.165, 1.54) is 6.20 Å². The van der Waals surface area contributed by atoms with E-state index in [0.717, 1.165) is 0 Å². The van der Waals surface area contributed by atoms with Crippen LogP contribution in [0.5, 0.6) is 0 Å². The van der Waals surface area contributed by atoms with Gasteiger partial charge in [-0.05, 0) is 29.2 Å². The predicted octanol–water partition coefficient (Wildman–Crippen LogP) is 1.57. The van der Waals surface area contributed by atoms with Crippen LogP contribution in [-0.4, -0.2) is 0 Å². The summed E-state index contributed by atoms with van der Waals surface area (Å²) in [5.74, 6) is 0.106. The molecule has 0 unspecified atom stereocenters. The highest BCUT2D eigenvalue weighted by atomic mass is 16.5. The Kier molecular flexibility index (Phi) is 1.94. The van der Waals surface area contributed by atoms with Crippen LogP contribution in [0.2, 0.25) is 0 Å². The highest BCUT2D eigenvalue weighted by Crippen LogP contribution is 2.10. The Morgan fingerprint density at radius 3 is 3.00 bits per heavy atom. The van der Waals surface area contributed by atoms with Gasteiger partial charge in [0, 0.05) is 4.91 Å². The maximum Gasteiger partial charge on any atom is 0.193 e. The Labute approximate surface area is 63.1 Å². The first-order valence-corrected chi connectivity index (χ1v) is 2.99. The minimum absolute atomic E-state index is 0.106. The van der Waals surface area contributed by atoms with Crippen molar-refractivity contribution in [3.63, 3.8) is 0 Å². The van der Waals surface area contributed by atoms with Crippen molar-refractivity contribution in [2.45, 2.75) is 6.92 Å². The number of hydrogen-bond donors (Lipinski definition) is 0. The molecule has 0 N–H and O–H groups in total. The minimum atomic E-state index is 0.106. The smallest absolute Gasteiger partial charge is 0.193 e. The molecule has 0 aromatic carbocycles. The molecule has 0 atom stereocenters. The lowest BCUT2D eigenvalue weighted by Gasteiger charge is -2.06. The maximum absolute atomic E-state index is 10.9. The molecule has 0 aliphatic heterocycles. The number of pyridine rings is 1. The van der Waals surface area contributed by atoms with Crippen molar-refractivity contribution < 1.29 is 4.73 Å². The van der Waals surface area contributed by atoms with Crippen molar-refractivity contribution in [3.8, 4) is 0 Å². The summed E-state index contributed by atoms with van der Waals surface area (Å²) in [5, 5.41) is 14.1. The van der Waals surface area contributed by atoms with Gasteiger partial charge >= 0.3 is 0 Å². The number of aromatic nitrogens is 1. The van der Waals surface area contributed by atoms with Crippen molar-refractivity contribution in [2.24, 2.45) is 5.11 Å². The van der Waals surface area contributed by atoms with Crippen molar-refractivity contribution in [3.05, 3.63) is 39.5 Å². The average Bonchev–Trinajstić information content (AvgIpc) is 1.97. The Morgan fingerprint density at radius 1 is 1.73 bits per heavy atom. The summed E-state index contributed by atoms with van der Waals surface area (Å²) in [6, 6.07) is 3.30. The Bertz CT molecular complexity index is 296. The molecule has 0 saturated carbocycles. The Morgan fingerprint density at radius 2 is 2.45 bits per heavy atom. The van der Waals surface area contributed by atoms with Gasteiger partial charge in [-0.25, -0.2) is 0 Å². The third kappa shape index (κ3) is 1.39. The summed E-state index contributed by atoms with van der Waals surface area (Å²) < 4.78 is 0.537. The standard InChI is InChI=1S/C6H6N4O/c1-5-3-2-4-10(11)6(5)8-9-7/h2-4H,1H3. The molecule has 0 spiro atoms. The maximum atomic E-state index is 10.9. The lowest BCUT2D eigenvalue weighted by atomic mass is 10.3. The Balaban J connectivity index is 3.31. The number of nitrogens with zero attached hydrogens (tertiary/aromatic N) is 4. The molecule has 1 heterocycles. The second kappa shape index (κ2) is 2.90. The van der Waals surface area contributed by atoms with Gasteiger partial charge in [-0.3, -0.25) is 4.73 Å². The first-order valence-electron chi connectivity index (χ1n) is 2.99. The predicted molar refractivity (Wildman–Crippen MR) is 38.9 cm³/mol. The van der Waals surface area contributed by atoms with Gasteiger partial charge in [0.1, 0.15) is 0 Å². The fourth-order valence-electron chi connectivity index (χ4n) is 0.750. The topological polar surface area (TPSA) is 75.7 Å². The van der Waals surface area contributed by atoms with E-state index in [1.807, 2.05) is 0 Å². The molecule has 0 amide bonds. The Hall–Kier alpha value is -1.74. The van der Waals surface area contributed by atoms with Gasteiger partial charge in [0.25, 0.3) is 0 Å². The zero-order valence-electron chi connectivity index (χ0n) is 5.93. The summed E-state index contributed by atoms with van der Waals surface area (Å²) in [7, 11) is 0. The molecular formula is C6H6N4O. The number of rotatable bonds is 1. The molecule has 0 aliphatic carbocycles. The van der Waals surface area contributed by atoms with E-state index in [4.69, 9.17) is 5.53 Å². The first kappa shape index (κ1) is 7.37. The molecular weight excluding hydrogens is 144 g/mol. The molecule has 0 fully saturated rings. The van der Waals surface area contributed by atoms with Gasteiger partial charge in [0.05, 0.1) is 6.20 Å². The lowest BCUT2D eigenvalue weighted by Crippen LogP contribution is -2.25. The second-order valence-corrected chi connectivity index (χ2v) is 2.03. The van der Waals surface area contributed by atoms with Crippen LogP contribution < -0.4 is 4.73 Å². The molecule has 56 valence electrons. The van der Waals surface area contributed by atoms with E-state index in [1.54, 1.807) is 19.1 Å². The molecule has 5 heteroatoms. The van der Waals surface area contributed by atoms with Crippen LogP contribution in [0.25, 0.3) is 10.4 Å². The normalized spacial score (nSPS) is 8.82. The van der Waals surface area contributed by atoms with Gasteiger partial charge in [-0.15, -0.1) is 0 Å². The van der Waals surface area contributed by atoms with E-state index in [2.05, 4.69) is 10.0 Å². The molecule has 0 aliphatic rings. The van der Waals surface area contributed by atoms with E-state index in [9.17, 15) is 5.21 Å². The first-order chi connectivity index (χ1) is 5.25. The van der Waals surface area contributed by atoms with Gasteiger partial charge in [0.2, 0.25) is 0 Å².